The van der Waals surface area contributed by atoms with E-state index in [1.54, 1.807) is 0 Å². The fourth-order valence-corrected chi connectivity index (χ4v) is 2.04. The van der Waals surface area contributed by atoms with Crippen LogP contribution in [0.2, 0.25) is 0 Å². The Morgan fingerprint density at radius 3 is 3.07 bits per heavy atom. The van der Waals surface area contributed by atoms with Gasteiger partial charge in [-0.2, -0.15) is 0 Å². The van der Waals surface area contributed by atoms with E-state index in [1.165, 1.54) is 0 Å². The Morgan fingerprint density at radius 1 is 1.53 bits per heavy atom. The Labute approximate surface area is 90.0 Å². The van der Waals surface area contributed by atoms with Crippen molar-refractivity contribution < 1.29 is 4.79 Å². The number of anilines is 1. The largest absolute Gasteiger partial charge is 0.381 e. The zero-order chi connectivity index (χ0) is 10.8. The Kier molecular flexibility index (Phi) is 2.58. The molecule has 0 amide bonds. The highest BCUT2D eigenvalue weighted by Crippen LogP contribution is 2.27. The van der Waals surface area contributed by atoms with Crippen molar-refractivity contribution in [2.24, 2.45) is 0 Å². The molecule has 1 aromatic carbocycles. The molecule has 0 fully saturated rings. The summed E-state index contributed by atoms with van der Waals surface area (Å²) in [7, 11) is 0. The standard InChI is InChI=1S/C13H15NO/c1-3-10-5-4-6-11-8-12(15)7-9(2)14-13(10)11/h3-6,9,14H,1,7-8H2,2H3/t9-/m1/s1. The lowest BCUT2D eigenvalue weighted by Gasteiger charge is -2.14. The van der Waals surface area contributed by atoms with Crippen molar-refractivity contribution in [2.45, 2.75) is 25.8 Å². The van der Waals surface area contributed by atoms with E-state index in [2.05, 4.69) is 11.9 Å². The van der Waals surface area contributed by atoms with Crippen LogP contribution in [0.15, 0.2) is 24.8 Å². The highest BCUT2D eigenvalue weighted by Gasteiger charge is 2.18. The van der Waals surface area contributed by atoms with Gasteiger partial charge in [-0.25, -0.2) is 0 Å². The number of rotatable bonds is 1. The number of carbonyl (C=O) groups is 1. The molecule has 0 radical (unpaired) electrons. The van der Waals surface area contributed by atoms with E-state index in [1.807, 2.05) is 31.2 Å². The van der Waals surface area contributed by atoms with Gasteiger partial charge in [0.25, 0.3) is 0 Å². The van der Waals surface area contributed by atoms with Gasteiger partial charge in [-0.05, 0) is 18.1 Å². The van der Waals surface area contributed by atoms with Crippen molar-refractivity contribution >= 4 is 17.5 Å². The summed E-state index contributed by atoms with van der Waals surface area (Å²) in [6.07, 6.45) is 2.97. The molecule has 0 saturated carbocycles. The molecule has 15 heavy (non-hydrogen) atoms. The Bertz CT molecular complexity index is 409. The maximum absolute atomic E-state index is 11.6. The summed E-state index contributed by atoms with van der Waals surface area (Å²) < 4.78 is 0. The molecule has 2 rings (SSSR count). The number of Topliss-reactive ketones (excluding diaryl/α,β-unsaturated/α-hetero) is 1. The van der Waals surface area contributed by atoms with Crippen molar-refractivity contribution in [1.29, 1.82) is 0 Å². The summed E-state index contributed by atoms with van der Waals surface area (Å²) >= 11 is 0. The quantitative estimate of drug-likeness (QED) is 0.756. The normalized spacial score (nSPS) is 20.1. The van der Waals surface area contributed by atoms with Crippen molar-refractivity contribution in [3.05, 3.63) is 35.9 Å². The maximum Gasteiger partial charge on any atom is 0.139 e. The fourth-order valence-electron chi connectivity index (χ4n) is 2.04. The lowest BCUT2D eigenvalue weighted by atomic mass is 10.0. The third-order valence-electron chi connectivity index (χ3n) is 2.72. The highest BCUT2D eigenvalue weighted by atomic mass is 16.1. The van der Waals surface area contributed by atoms with E-state index in [0.717, 1.165) is 16.8 Å². The molecule has 1 aliphatic rings. The van der Waals surface area contributed by atoms with Crippen molar-refractivity contribution in [2.75, 3.05) is 5.32 Å². The lowest BCUT2D eigenvalue weighted by Crippen LogP contribution is -2.17. The van der Waals surface area contributed by atoms with Crippen LogP contribution in [-0.2, 0) is 11.2 Å². The molecule has 1 atom stereocenters. The van der Waals surface area contributed by atoms with Crippen LogP contribution in [0.4, 0.5) is 5.69 Å². The molecule has 1 N–H and O–H groups in total. The average Bonchev–Trinajstić information content (AvgIpc) is 2.33. The number of para-hydroxylation sites is 1. The van der Waals surface area contributed by atoms with Crippen molar-refractivity contribution in [3.8, 4) is 0 Å². The van der Waals surface area contributed by atoms with Crippen LogP contribution >= 0.6 is 0 Å². The third kappa shape index (κ3) is 1.94. The second kappa shape index (κ2) is 3.89. The van der Waals surface area contributed by atoms with Gasteiger partial charge in [0.15, 0.2) is 0 Å². The van der Waals surface area contributed by atoms with Crippen LogP contribution < -0.4 is 5.32 Å². The van der Waals surface area contributed by atoms with Crippen LogP contribution in [0.5, 0.6) is 0 Å². The van der Waals surface area contributed by atoms with Crippen molar-refractivity contribution in [3.63, 3.8) is 0 Å². The molecule has 78 valence electrons. The summed E-state index contributed by atoms with van der Waals surface area (Å²) in [5.74, 6) is 0.301. The average molecular weight is 201 g/mol. The van der Waals surface area contributed by atoms with Crippen LogP contribution in [0.25, 0.3) is 6.08 Å². The molecule has 0 saturated heterocycles. The van der Waals surface area contributed by atoms with Crippen LogP contribution in [0, 0.1) is 0 Å². The first-order valence-electron chi connectivity index (χ1n) is 5.23. The molecule has 0 unspecified atom stereocenters. The molecule has 1 aliphatic heterocycles. The molecular weight excluding hydrogens is 186 g/mol. The Balaban J connectivity index is 2.50. The number of hydrogen-bond donors (Lipinski definition) is 1. The van der Waals surface area contributed by atoms with Crippen LogP contribution in [0.1, 0.15) is 24.5 Å². The summed E-state index contributed by atoms with van der Waals surface area (Å²) in [6.45, 7) is 5.82. The number of hydrogen-bond acceptors (Lipinski definition) is 2. The van der Waals surface area contributed by atoms with Gasteiger partial charge in [-0.1, -0.05) is 30.9 Å². The number of ketones is 1. The zero-order valence-corrected chi connectivity index (χ0v) is 8.92. The first kappa shape index (κ1) is 9.97. The molecule has 0 spiro atoms. The predicted molar refractivity (Wildman–Crippen MR) is 62.9 cm³/mol. The smallest absolute Gasteiger partial charge is 0.139 e. The highest BCUT2D eigenvalue weighted by molar-refractivity contribution is 5.86. The van der Waals surface area contributed by atoms with Gasteiger partial charge in [-0.15, -0.1) is 0 Å². The summed E-state index contributed by atoms with van der Waals surface area (Å²) in [6, 6.07) is 6.20. The van der Waals surface area contributed by atoms with Gasteiger partial charge in [0.2, 0.25) is 0 Å². The van der Waals surface area contributed by atoms with E-state index in [9.17, 15) is 4.79 Å². The van der Waals surface area contributed by atoms with Gasteiger partial charge in [0.1, 0.15) is 5.78 Å². The summed E-state index contributed by atoms with van der Waals surface area (Å²) in [5, 5.41) is 3.38. The minimum Gasteiger partial charge on any atom is -0.381 e. The summed E-state index contributed by atoms with van der Waals surface area (Å²) in [5.41, 5.74) is 3.24. The topological polar surface area (TPSA) is 29.1 Å². The van der Waals surface area contributed by atoms with Gasteiger partial charge in [-0.3, -0.25) is 4.79 Å². The van der Waals surface area contributed by atoms with E-state index in [0.29, 0.717) is 18.6 Å². The fraction of sp³-hybridized carbons (Fsp3) is 0.308. The molecule has 2 nitrogen and oxygen atoms in total. The minimum absolute atomic E-state index is 0.208. The monoisotopic (exact) mass is 201 g/mol. The second-order valence-electron chi connectivity index (χ2n) is 4.05. The number of nitrogens with one attached hydrogen (secondary N) is 1. The van der Waals surface area contributed by atoms with Gasteiger partial charge >= 0.3 is 0 Å². The van der Waals surface area contributed by atoms with E-state index < -0.39 is 0 Å². The Morgan fingerprint density at radius 2 is 2.33 bits per heavy atom. The first-order chi connectivity index (χ1) is 7.20. The Hall–Kier alpha value is -1.57. The second-order valence-corrected chi connectivity index (χ2v) is 4.05. The SMILES string of the molecule is C=Cc1cccc2c1N[C@H](C)CC(=O)C2. The molecule has 2 heteroatoms. The number of carbonyl (C=O) groups excluding carboxylic acids is 1. The van der Waals surface area contributed by atoms with Crippen LogP contribution in [-0.4, -0.2) is 11.8 Å². The zero-order valence-electron chi connectivity index (χ0n) is 8.92. The van der Waals surface area contributed by atoms with Crippen molar-refractivity contribution in [1.82, 2.24) is 0 Å². The number of benzene rings is 1. The molecule has 0 aromatic heterocycles. The molecule has 0 bridgehead atoms. The predicted octanol–water partition coefficient (Wildman–Crippen LogP) is 2.65. The van der Waals surface area contributed by atoms with Gasteiger partial charge in [0, 0.05) is 24.6 Å². The maximum atomic E-state index is 11.6. The lowest BCUT2D eigenvalue weighted by molar-refractivity contribution is -0.118. The van der Waals surface area contributed by atoms with E-state index in [4.69, 9.17) is 0 Å². The van der Waals surface area contributed by atoms with Gasteiger partial charge < -0.3 is 5.32 Å². The van der Waals surface area contributed by atoms with E-state index in [-0.39, 0.29) is 6.04 Å². The van der Waals surface area contributed by atoms with E-state index >= 15 is 0 Å². The summed E-state index contributed by atoms with van der Waals surface area (Å²) in [4.78, 5) is 11.6. The third-order valence-corrected chi connectivity index (χ3v) is 2.72. The first-order valence-corrected chi connectivity index (χ1v) is 5.23. The number of fused-ring (bicyclic) bond motifs is 1. The molecular formula is C13H15NO. The molecule has 1 heterocycles. The molecule has 1 aromatic rings. The molecule has 0 aliphatic carbocycles. The van der Waals surface area contributed by atoms with Crippen LogP contribution in [0.3, 0.4) is 0 Å². The van der Waals surface area contributed by atoms with Gasteiger partial charge in [0.05, 0.1) is 0 Å². The minimum atomic E-state index is 0.208.